The Morgan fingerprint density at radius 2 is 2.14 bits per heavy atom. The van der Waals surface area contributed by atoms with Crippen molar-refractivity contribution in [3.8, 4) is 0 Å². The lowest BCUT2D eigenvalue weighted by Crippen LogP contribution is -1.58. The molecule has 0 fully saturated rings. The van der Waals surface area contributed by atoms with Crippen LogP contribution in [-0.2, 0) is 9.09 Å². The minimum absolute atomic E-state index is 0.931. The van der Waals surface area contributed by atoms with E-state index in [1.807, 2.05) is 0 Å². The first-order valence-electron chi connectivity index (χ1n) is 1.35. The molecule has 7 heavy (non-hydrogen) atoms. The molecule has 0 radical (unpaired) electrons. The average Bonchev–Trinajstić information content (AvgIpc) is 1.30. The Bertz CT molecular complexity index is 106. The molecule has 0 rings (SSSR count). The normalized spacial score (nSPS) is 10.6. The minimum atomic E-state index is -3.34. The van der Waals surface area contributed by atoms with Gasteiger partial charge in [-0.25, -0.2) is 4.57 Å². The van der Waals surface area contributed by atoms with Crippen LogP contribution in [0.3, 0.4) is 0 Å². The molecule has 0 aliphatic carbocycles. The van der Waals surface area contributed by atoms with Crippen molar-refractivity contribution in [1.29, 1.82) is 0 Å². The average molecular weight is 161 g/mol. The first-order chi connectivity index (χ1) is 3.06. The molecule has 0 bridgehead atoms. The summed E-state index contributed by atoms with van der Waals surface area (Å²) in [6.45, 7) is 3.08. The summed E-state index contributed by atoms with van der Waals surface area (Å²) in [5, 5.41) is 0. The van der Waals surface area contributed by atoms with Gasteiger partial charge in [0.2, 0.25) is 0 Å². The highest BCUT2D eigenvalue weighted by atomic mass is 35.9. The second-order valence-corrected chi connectivity index (χ2v) is 4.92. The summed E-state index contributed by atoms with van der Waals surface area (Å²) in [5.74, 6) is 0. The maximum atomic E-state index is 10.1. The molecule has 0 aliphatic heterocycles. The van der Waals surface area contributed by atoms with Crippen molar-refractivity contribution in [3.05, 3.63) is 12.8 Å². The van der Waals surface area contributed by atoms with Crippen LogP contribution in [0, 0.1) is 0 Å². The standard InChI is InChI=1S/C2H3Cl2O2P/c1-2-6-7(3,4)5/h2H,1H2. The van der Waals surface area contributed by atoms with Crippen molar-refractivity contribution in [1.82, 2.24) is 0 Å². The molecule has 5 heteroatoms. The van der Waals surface area contributed by atoms with E-state index < -0.39 is 6.07 Å². The topological polar surface area (TPSA) is 26.3 Å². The zero-order valence-electron chi connectivity index (χ0n) is 3.30. The van der Waals surface area contributed by atoms with Gasteiger partial charge in [-0.15, -0.1) is 0 Å². The number of hydrogen-bond donors (Lipinski definition) is 0. The molecule has 0 atom stereocenters. The first-order valence-corrected chi connectivity index (χ1v) is 4.78. The van der Waals surface area contributed by atoms with Crippen molar-refractivity contribution in [3.63, 3.8) is 0 Å². The fourth-order valence-electron chi connectivity index (χ4n) is 0.0868. The van der Waals surface area contributed by atoms with E-state index in [0.29, 0.717) is 0 Å². The fraction of sp³-hybridized carbons (Fsp3) is 0. The minimum Gasteiger partial charge on any atom is -0.431 e. The van der Waals surface area contributed by atoms with Crippen molar-refractivity contribution < 1.29 is 9.09 Å². The van der Waals surface area contributed by atoms with Crippen LogP contribution in [-0.4, -0.2) is 0 Å². The van der Waals surface area contributed by atoms with Gasteiger partial charge >= 0.3 is 6.07 Å². The third-order valence-electron chi connectivity index (χ3n) is 0.197. The molecule has 0 heterocycles. The lowest BCUT2D eigenvalue weighted by atomic mass is 11.2. The molecule has 0 aromatic rings. The molecule has 0 saturated heterocycles. The van der Waals surface area contributed by atoms with Crippen LogP contribution >= 0.6 is 28.6 Å². The van der Waals surface area contributed by atoms with Crippen molar-refractivity contribution >= 4 is 28.6 Å². The van der Waals surface area contributed by atoms with E-state index in [0.717, 1.165) is 6.26 Å². The van der Waals surface area contributed by atoms with E-state index in [9.17, 15) is 4.57 Å². The van der Waals surface area contributed by atoms with Crippen LogP contribution in [0.4, 0.5) is 0 Å². The van der Waals surface area contributed by atoms with E-state index >= 15 is 0 Å². The van der Waals surface area contributed by atoms with Crippen molar-refractivity contribution in [2.45, 2.75) is 0 Å². The Hall–Kier alpha value is 0.350. The summed E-state index contributed by atoms with van der Waals surface area (Å²) in [4.78, 5) is 0. The SMILES string of the molecule is C=COP(=O)(Cl)Cl. The van der Waals surface area contributed by atoms with E-state index in [1.165, 1.54) is 0 Å². The Balaban J connectivity index is 3.57. The molecule has 0 amide bonds. The third kappa shape index (κ3) is 6.35. The number of halogens is 2. The molecule has 0 unspecified atom stereocenters. The van der Waals surface area contributed by atoms with Crippen LogP contribution in [0.1, 0.15) is 0 Å². The van der Waals surface area contributed by atoms with Crippen molar-refractivity contribution in [2.24, 2.45) is 0 Å². The van der Waals surface area contributed by atoms with Gasteiger partial charge in [0, 0.05) is 22.5 Å². The van der Waals surface area contributed by atoms with Gasteiger partial charge in [0.1, 0.15) is 0 Å². The molecular formula is C2H3Cl2O2P. The molecule has 0 aromatic heterocycles. The molecule has 0 aromatic carbocycles. The summed E-state index contributed by atoms with van der Waals surface area (Å²) in [7, 11) is 0. The smallest absolute Gasteiger partial charge is 0.427 e. The Labute approximate surface area is 51.1 Å². The maximum absolute atomic E-state index is 10.1. The van der Waals surface area contributed by atoms with E-state index in [1.54, 1.807) is 0 Å². The van der Waals surface area contributed by atoms with E-state index in [4.69, 9.17) is 22.5 Å². The second-order valence-electron chi connectivity index (χ2n) is 0.687. The second kappa shape index (κ2) is 2.61. The van der Waals surface area contributed by atoms with E-state index in [-0.39, 0.29) is 0 Å². The Morgan fingerprint density at radius 1 is 1.71 bits per heavy atom. The van der Waals surface area contributed by atoms with Gasteiger partial charge in [0.05, 0.1) is 6.26 Å². The number of hydrogen-bond acceptors (Lipinski definition) is 2. The van der Waals surface area contributed by atoms with Gasteiger partial charge in [-0.2, -0.15) is 0 Å². The third-order valence-corrected chi connectivity index (χ3v) is 1.07. The van der Waals surface area contributed by atoms with Crippen LogP contribution in [0.25, 0.3) is 0 Å². The van der Waals surface area contributed by atoms with Crippen LogP contribution in [0.5, 0.6) is 0 Å². The zero-order valence-corrected chi connectivity index (χ0v) is 5.71. The van der Waals surface area contributed by atoms with Gasteiger partial charge in [-0.3, -0.25) is 0 Å². The lowest BCUT2D eigenvalue weighted by molar-refractivity contribution is 0.472. The molecule has 0 saturated carbocycles. The zero-order chi connectivity index (χ0) is 5.91. The largest absolute Gasteiger partial charge is 0.431 e. The van der Waals surface area contributed by atoms with Crippen LogP contribution in [0.15, 0.2) is 12.8 Å². The summed E-state index contributed by atoms with van der Waals surface area (Å²) in [6, 6.07) is 0. The van der Waals surface area contributed by atoms with Gasteiger partial charge in [-0.05, 0) is 0 Å². The number of rotatable bonds is 2. The highest BCUT2D eigenvalue weighted by molar-refractivity contribution is 8.05. The lowest BCUT2D eigenvalue weighted by Gasteiger charge is -1.94. The molecule has 42 valence electrons. The van der Waals surface area contributed by atoms with E-state index in [2.05, 4.69) is 11.1 Å². The quantitative estimate of drug-likeness (QED) is 0.459. The molecule has 2 nitrogen and oxygen atoms in total. The predicted octanol–water partition coefficient (Wildman–Crippen LogP) is 2.73. The highest BCUT2D eigenvalue weighted by Crippen LogP contribution is 2.57. The van der Waals surface area contributed by atoms with Crippen LogP contribution < -0.4 is 0 Å². The summed E-state index contributed by atoms with van der Waals surface area (Å²) < 4.78 is 14.1. The summed E-state index contributed by atoms with van der Waals surface area (Å²) in [6.07, 6.45) is -2.41. The van der Waals surface area contributed by atoms with Gasteiger partial charge in [-0.1, -0.05) is 6.58 Å². The van der Waals surface area contributed by atoms with Gasteiger partial charge in [0.25, 0.3) is 0 Å². The highest BCUT2D eigenvalue weighted by Gasteiger charge is 2.10. The fourth-order valence-corrected chi connectivity index (χ4v) is 0.598. The summed E-state index contributed by atoms with van der Waals surface area (Å²) in [5.41, 5.74) is 0. The molecular weight excluding hydrogens is 158 g/mol. The monoisotopic (exact) mass is 160 g/mol. The predicted molar refractivity (Wildman–Crippen MR) is 30.6 cm³/mol. The molecule has 0 N–H and O–H groups in total. The van der Waals surface area contributed by atoms with Gasteiger partial charge in [0.15, 0.2) is 0 Å². The summed E-state index contributed by atoms with van der Waals surface area (Å²) >= 11 is 9.72. The molecule has 0 aliphatic rings. The van der Waals surface area contributed by atoms with Crippen LogP contribution in [0.2, 0.25) is 0 Å². The maximum Gasteiger partial charge on any atom is 0.427 e. The molecule has 0 spiro atoms. The first kappa shape index (κ1) is 7.35. The van der Waals surface area contributed by atoms with Crippen molar-refractivity contribution in [2.75, 3.05) is 0 Å². The Kier molecular flexibility index (Phi) is 2.74. The Morgan fingerprint density at radius 3 is 2.14 bits per heavy atom. The van der Waals surface area contributed by atoms with Gasteiger partial charge < -0.3 is 4.52 Å².